The lowest BCUT2D eigenvalue weighted by Crippen LogP contribution is -2.01. The maximum absolute atomic E-state index is 6.12. The number of aromatic nitrogens is 1. The van der Waals surface area contributed by atoms with E-state index in [2.05, 4.69) is 71.8 Å². The summed E-state index contributed by atoms with van der Waals surface area (Å²) in [6.07, 6.45) is 1.85. The lowest BCUT2D eigenvalue weighted by molar-refractivity contribution is 0.965. The second-order valence-corrected chi connectivity index (χ2v) is 7.31. The number of benzene rings is 3. The largest absolute Gasteiger partial charge is 0.399 e. The van der Waals surface area contributed by atoms with Gasteiger partial charge in [0.05, 0.1) is 5.52 Å². The smallest absolute Gasteiger partial charge is 0.0726 e. The lowest BCUT2D eigenvalue weighted by Gasteiger charge is -2.15. The Morgan fingerprint density at radius 3 is 2.32 bits per heavy atom. The molecule has 1 heterocycles. The number of hydrogen-bond donors (Lipinski definition) is 2. The van der Waals surface area contributed by atoms with Gasteiger partial charge in [-0.25, -0.2) is 0 Å². The fourth-order valence-corrected chi connectivity index (χ4v) is 3.61. The van der Waals surface area contributed by atoms with Crippen molar-refractivity contribution in [1.82, 2.24) is 4.98 Å². The number of nitrogens with two attached hydrogens (primary N) is 1. The maximum Gasteiger partial charge on any atom is 0.0726 e. The molecule has 0 bridgehead atoms. The number of rotatable bonds is 5. The Morgan fingerprint density at radius 1 is 0.786 bits per heavy atom. The number of para-hydroxylation sites is 2. The van der Waals surface area contributed by atoms with E-state index in [0.717, 1.165) is 46.5 Å². The Labute approximate surface area is 166 Å². The number of fused-ring (bicyclic) bond motifs is 1. The van der Waals surface area contributed by atoms with Crippen molar-refractivity contribution < 1.29 is 0 Å². The van der Waals surface area contributed by atoms with Crippen molar-refractivity contribution in [3.8, 4) is 0 Å². The standard InChI is InChI=1S/C25H25N3/c1-17-11-14-24-21(15-17)25(16-18(2)27-24)28-23-10-6-4-8-20(23)13-12-19-7-3-5-9-22(19)26/h3-11,14-16H,12-13,26H2,1-2H3,(H,27,28). The molecule has 0 saturated heterocycles. The van der Waals surface area contributed by atoms with Crippen molar-refractivity contribution in [2.24, 2.45) is 0 Å². The number of nitrogens with zero attached hydrogens (tertiary/aromatic N) is 1. The summed E-state index contributed by atoms with van der Waals surface area (Å²) in [5.74, 6) is 0. The fourth-order valence-electron chi connectivity index (χ4n) is 3.61. The number of anilines is 3. The Hall–Kier alpha value is -3.33. The third kappa shape index (κ3) is 3.84. The summed E-state index contributed by atoms with van der Waals surface area (Å²) in [6, 6.07) is 25.1. The van der Waals surface area contributed by atoms with Crippen LogP contribution < -0.4 is 11.1 Å². The Balaban J connectivity index is 1.65. The molecule has 0 amide bonds. The summed E-state index contributed by atoms with van der Waals surface area (Å²) in [4.78, 5) is 4.67. The molecule has 3 aromatic carbocycles. The molecule has 4 rings (SSSR count). The highest BCUT2D eigenvalue weighted by molar-refractivity contribution is 5.94. The van der Waals surface area contributed by atoms with Crippen LogP contribution in [0.15, 0.2) is 72.8 Å². The topological polar surface area (TPSA) is 50.9 Å². The second-order valence-electron chi connectivity index (χ2n) is 7.31. The van der Waals surface area contributed by atoms with E-state index in [1.807, 2.05) is 25.1 Å². The minimum Gasteiger partial charge on any atom is -0.399 e. The first kappa shape index (κ1) is 18.1. The molecule has 4 aromatic rings. The van der Waals surface area contributed by atoms with Gasteiger partial charge >= 0.3 is 0 Å². The average Bonchev–Trinajstić information content (AvgIpc) is 2.69. The normalized spacial score (nSPS) is 10.9. The predicted octanol–water partition coefficient (Wildman–Crippen LogP) is 5.96. The van der Waals surface area contributed by atoms with Crippen molar-refractivity contribution in [2.75, 3.05) is 11.1 Å². The van der Waals surface area contributed by atoms with Gasteiger partial charge in [-0.15, -0.1) is 0 Å². The highest BCUT2D eigenvalue weighted by Gasteiger charge is 2.08. The number of hydrogen-bond acceptors (Lipinski definition) is 3. The molecule has 0 saturated carbocycles. The van der Waals surface area contributed by atoms with Crippen LogP contribution in [0.4, 0.5) is 17.1 Å². The zero-order chi connectivity index (χ0) is 19.5. The van der Waals surface area contributed by atoms with E-state index in [1.165, 1.54) is 16.7 Å². The average molecular weight is 367 g/mol. The third-order valence-electron chi connectivity index (χ3n) is 5.10. The number of nitrogen functional groups attached to an aromatic ring is 1. The molecule has 0 aliphatic heterocycles. The van der Waals surface area contributed by atoms with Gasteiger partial charge < -0.3 is 11.1 Å². The van der Waals surface area contributed by atoms with Gasteiger partial charge in [0, 0.05) is 28.1 Å². The SMILES string of the molecule is Cc1ccc2nc(C)cc(Nc3ccccc3CCc3ccccc3N)c2c1. The van der Waals surface area contributed by atoms with E-state index >= 15 is 0 Å². The van der Waals surface area contributed by atoms with Crippen LogP contribution in [0.1, 0.15) is 22.4 Å². The molecule has 0 spiro atoms. The van der Waals surface area contributed by atoms with Gasteiger partial charge in [0.1, 0.15) is 0 Å². The van der Waals surface area contributed by atoms with Crippen LogP contribution in [0.2, 0.25) is 0 Å². The molecule has 28 heavy (non-hydrogen) atoms. The highest BCUT2D eigenvalue weighted by Crippen LogP contribution is 2.29. The zero-order valence-corrected chi connectivity index (χ0v) is 16.4. The third-order valence-corrected chi connectivity index (χ3v) is 5.10. The molecule has 3 nitrogen and oxygen atoms in total. The minimum atomic E-state index is 0.860. The van der Waals surface area contributed by atoms with Crippen LogP contribution in [-0.4, -0.2) is 4.98 Å². The van der Waals surface area contributed by atoms with Crippen molar-refractivity contribution in [2.45, 2.75) is 26.7 Å². The van der Waals surface area contributed by atoms with Crippen molar-refractivity contribution in [3.63, 3.8) is 0 Å². The molecule has 0 aliphatic carbocycles. The fraction of sp³-hybridized carbons (Fsp3) is 0.160. The molecule has 0 unspecified atom stereocenters. The van der Waals surface area contributed by atoms with Crippen LogP contribution in [0.25, 0.3) is 10.9 Å². The van der Waals surface area contributed by atoms with E-state index in [0.29, 0.717) is 0 Å². The van der Waals surface area contributed by atoms with Crippen LogP contribution >= 0.6 is 0 Å². The van der Waals surface area contributed by atoms with E-state index < -0.39 is 0 Å². The number of aryl methyl sites for hydroxylation is 4. The molecule has 0 aliphatic rings. The Bertz CT molecular complexity index is 1130. The summed E-state index contributed by atoms with van der Waals surface area (Å²) in [5, 5.41) is 4.81. The molecule has 0 radical (unpaired) electrons. The highest BCUT2D eigenvalue weighted by atomic mass is 14.9. The van der Waals surface area contributed by atoms with E-state index in [1.54, 1.807) is 0 Å². The molecule has 0 fully saturated rings. The molecule has 3 N–H and O–H groups in total. The molecule has 140 valence electrons. The van der Waals surface area contributed by atoms with E-state index in [4.69, 9.17) is 5.73 Å². The predicted molar refractivity (Wildman–Crippen MR) is 119 cm³/mol. The van der Waals surface area contributed by atoms with Gasteiger partial charge in [-0.3, -0.25) is 4.98 Å². The number of pyridine rings is 1. The van der Waals surface area contributed by atoms with E-state index in [-0.39, 0.29) is 0 Å². The minimum absolute atomic E-state index is 0.860. The second kappa shape index (κ2) is 7.73. The van der Waals surface area contributed by atoms with Crippen molar-refractivity contribution in [3.05, 3.63) is 95.2 Å². The van der Waals surface area contributed by atoms with Crippen LogP contribution in [0.5, 0.6) is 0 Å². The Kier molecular flexibility index (Phi) is 4.98. The summed E-state index contributed by atoms with van der Waals surface area (Å²) >= 11 is 0. The summed E-state index contributed by atoms with van der Waals surface area (Å²) in [6.45, 7) is 4.15. The summed E-state index contributed by atoms with van der Waals surface area (Å²) in [5.41, 5.74) is 14.9. The maximum atomic E-state index is 6.12. The monoisotopic (exact) mass is 367 g/mol. The van der Waals surface area contributed by atoms with Gasteiger partial charge in [-0.05, 0) is 68.1 Å². The molecular weight excluding hydrogens is 342 g/mol. The summed E-state index contributed by atoms with van der Waals surface area (Å²) < 4.78 is 0. The first-order valence-corrected chi connectivity index (χ1v) is 9.66. The quantitative estimate of drug-likeness (QED) is 0.428. The van der Waals surface area contributed by atoms with Crippen LogP contribution in [0, 0.1) is 13.8 Å². The van der Waals surface area contributed by atoms with E-state index in [9.17, 15) is 0 Å². The van der Waals surface area contributed by atoms with Gasteiger partial charge in [0.2, 0.25) is 0 Å². The van der Waals surface area contributed by atoms with Crippen molar-refractivity contribution >= 4 is 28.0 Å². The molecular formula is C25H25N3. The van der Waals surface area contributed by atoms with Gasteiger partial charge in [0.25, 0.3) is 0 Å². The molecule has 3 heteroatoms. The lowest BCUT2D eigenvalue weighted by atomic mass is 10.0. The first-order chi connectivity index (χ1) is 13.6. The van der Waals surface area contributed by atoms with Crippen LogP contribution in [-0.2, 0) is 12.8 Å². The van der Waals surface area contributed by atoms with Gasteiger partial charge in [-0.2, -0.15) is 0 Å². The van der Waals surface area contributed by atoms with Crippen molar-refractivity contribution in [1.29, 1.82) is 0 Å². The molecule has 0 atom stereocenters. The van der Waals surface area contributed by atoms with Gasteiger partial charge in [-0.1, -0.05) is 48.0 Å². The first-order valence-electron chi connectivity index (χ1n) is 9.66. The number of nitrogens with one attached hydrogen (secondary N) is 1. The molecule has 1 aromatic heterocycles. The Morgan fingerprint density at radius 2 is 1.50 bits per heavy atom. The van der Waals surface area contributed by atoms with Crippen LogP contribution in [0.3, 0.4) is 0 Å². The zero-order valence-electron chi connectivity index (χ0n) is 16.4. The van der Waals surface area contributed by atoms with Gasteiger partial charge in [0.15, 0.2) is 0 Å². The summed E-state index contributed by atoms with van der Waals surface area (Å²) in [7, 11) is 0.